The molecular weight excluding hydrogens is 340 g/mol. The summed E-state index contributed by atoms with van der Waals surface area (Å²) in [6, 6.07) is 0. The average Bonchev–Trinajstić information content (AvgIpc) is 2.68. The van der Waals surface area contributed by atoms with Gasteiger partial charge in [-0.2, -0.15) is 4.98 Å². The Hall–Kier alpha value is -1.97. The second-order valence-electron chi connectivity index (χ2n) is 6.57. The number of likely N-dealkylation sites (tertiary alicyclic amines) is 1. The van der Waals surface area contributed by atoms with E-state index >= 15 is 0 Å². The van der Waals surface area contributed by atoms with E-state index in [2.05, 4.69) is 14.9 Å². The van der Waals surface area contributed by atoms with Crippen molar-refractivity contribution in [3.05, 3.63) is 11.9 Å². The topological polar surface area (TPSA) is 97.3 Å². The minimum absolute atomic E-state index is 0.0849. The third-order valence-corrected chi connectivity index (χ3v) is 4.97. The molecule has 1 aromatic rings. The van der Waals surface area contributed by atoms with Gasteiger partial charge in [0, 0.05) is 26.2 Å². The van der Waals surface area contributed by atoms with Crippen LogP contribution in [0.3, 0.4) is 0 Å². The van der Waals surface area contributed by atoms with Crippen molar-refractivity contribution in [1.82, 2.24) is 19.8 Å². The number of aromatic nitrogens is 2. The standard InChI is InChI=1S/C17H26N4O5/c1-24-13-11-18-15(16(19-13)25-2)17(23)3-5-21(6-4-17)14(22)12-20-7-9-26-10-8-20/h11,23H,3-10,12H2,1-2H3. The second kappa shape index (κ2) is 8.15. The molecule has 2 aliphatic rings. The molecule has 26 heavy (non-hydrogen) atoms. The van der Waals surface area contributed by atoms with Gasteiger partial charge >= 0.3 is 0 Å². The Morgan fingerprint density at radius 3 is 2.54 bits per heavy atom. The maximum Gasteiger partial charge on any atom is 0.241 e. The van der Waals surface area contributed by atoms with Crippen molar-refractivity contribution in [3.63, 3.8) is 0 Å². The molecule has 9 nitrogen and oxygen atoms in total. The van der Waals surface area contributed by atoms with Crippen LogP contribution in [-0.4, -0.2) is 90.9 Å². The number of rotatable bonds is 5. The summed E-state index contributed by atoms with van der Waals surface area (Å²) in [7, 11) is 2.98. The van der Waals surface area contributed by atoms with Gasteiger partial charge < -0.3 is 24.2 Å². The predicted molar refractivity (Wildman–Crippen MR) is 92.1 cm³/mol. The summed E-state index contributed by atoms with van der Waals surface area (Å²) in [4.78, 5) is 24.9. The smallest absolute Gasteiger partial charge is 0.241 e. The third-order valence-electron chi connectivity index (χ3n) is 4.97. The zero-order valence-corrected chi connectivity index (χ0v) is 15.3. The number of methoxy groups -OCH3 is 2. The molecule has 144 valence electrons. The van der Waals surface area contributed by atoms with E-state index in [-0.39, 0.29) is 11.8 Å². The highest BCUT2D eigenvalue weighted by Gasteiger charge is 2.39. The van der Waals surface area contributed by atoms with Crippen LogP contribution < -0.4 is 9.47 Å². The molecule has 9 heteroatoms. The van der Waals surface area contributed by atoms with Crippen molar-refractivity contribution in [1.29, 1.82) is 0 Å². The van der Waals surface area contributed by atoms with Crippen molar-refractivity contribution in [2.24, 2.45) is 0 Å². The van der Waals surface area contributed by atoms with E-state index in [0.29, 0.717) is 57.3 Å². The van der Waals surface area contributed by atoms with E-state index < -0.39 is 5.60 Å². The highest BCUT2D eigenvalue weighted by atomic mass is 16.5. The molecule has 0 aliphatic carbocycles. The van der Waals surface area contributed by atoms with Gasteiger partial charge in [-0.3, -0.25) is 9.69 Å². The van der Waals surface area contributed by atoms with E-state index in [0.717, 1.165) is 13.1 Å². The van der Waals surface area contributed by atoms with Crippen molar-refractivity contribution in [2.45, 2.75) is 18.4 Å². The monoisotopic (exact) mass is 366 g/mol. The van der Waals surface area contributed by atoms with Crippen LogP contribution in [0.15, 0.2) is 6.20 Å². The van der Waals surface area contributed by atoms with Crippen LogP contribution >= 0.6 is 0 Å². The fraction of sp³-hybridized carbons (Fsp3) is 0.706. The Labute approximate surface area is 152 Å². The van der Waals surface area contributed by atoms with Crippen LogP contribution in [0.5, 0.6) is 11.8 Å². The van der Waals surface area contributed by atoms with Crippen LogP contribution in [0.25, 0.3) is 0 Å². The van der Waals surface area contributed by atoms with E-state index in [4.69, 9.17) is 14.2 Å². The Morgan fingerprint density at radius 1 is 1.23 bits per heavy atom. The minimum atomic E-state index is -1.17. The minimum Gasteiger partial charge on any atom is -0.480 e. The molecular formula is C17H26N4O5. The first-order chi connectivity index (χ1) is 12.6. The lowest BCUT2D eigenvalue weighted by Crippen LogP contribution is -2.50. The number of hydrogen-bond donors (Lipinski definition) is 1. The molecule has 1 amide bonds. The molecule has 0 aromatic carbocycles. The zero-order valence-electron chi connectivity index (χ0n) is 15.3. The molecule has 0 spiro atoms. The molecule has 3 rings (SSSR count). The molecule has 1 N–H and O–H groups in total. The van der Waals surface area contributed by atoms with Crippen LogP contribution in [0.1, 0.15) is 18.5 Å². The van der Waals surface area contributed by atoms with Gasteiger partial charge in [-0.05, 0) is 12.8 Å². The van der Waals surface area contributed by atoms with Crippen molar-refractivity contribution >= 4 is 5.91 Å². The number of hydrogen-bond acceptors (Lipinski definition) is 8. The number of aliphatic hydroxyl groups is 1. The van der Waals surface area contributed by atoms with Crippen molar-refractivity contribution in [2.75, 3.05) is 60.2 Å². The molecule has 3 heterocycles. The van der Waals surface area contributed by atoms with E-state index in [1.54, 1.807) is 4.90 Å². The van der Waals surface area contributed by atoms with Gasteiger partial charge in [-0.25, -0.2) is 4.98 Å². The van der Waals surface area contributed by atoms with Gasteiger partial charge in [0.1, 0.15) is 11.3 Å². The summed E-state index contributed by atoms with van der Waals surface area (Å²) in [6.45, 7) is 4.23. The molecule has 0 saturated carbocycles. The predicted octanol–water partition coefficient (Wildman–Crippen LogP) is -0.364. The number of ether oxygens (including phenoxy) is 3. The SMILES string of the molecule is COc1cnc(C2(O)CCN(C(=O)CN3CCOCC3)CC2)c(OC)n1. The fourth-order valence-corrected chi connectivity index (χ4v) is 3.33. The summed E-state index contributed by atoms with van der Waals surface area (Å²) in [6.07, 6.45) is 2.24. The molecule has 2 fully saturated rings. The van der Waals surface area contributed by atoms with Gasteiger partial charge in [-0.15, -0.1) is 0 Å². The fourth-order valence-electron chi connectivity index (χ4n) is 3.33. The van der Waals surface area contributed by atoms with Crippen molar-refractivity contribution in [3.8, 4) is 11.8 Å². The Kier molecular flexibility index (Phi) is 5.90. The van der Waals surface area contributed by atoms with E-state index in [9.17, 15) is 9.90 Å². The summed E-state index contributed by atoms with van der Waals surface area (Å²) >= 11 is 0. The maximum absolute atomic E-state index is 12.5. The van der Waals surface area contributed by atoms with E-state index in [1.807, 2.05) is 0 Å². The van der Waals surface area contributed by atoms with Crippen molar-refractivity contribution < 1.29 is 24.1 Å². The van der Waals surface area contributed by atoms with Crippen LogP contribution in [0.4, 0.5) is 0 Å². The lowest BCUT2D eigenvalue weighted by atomic mass is 9.88. The first kappa shape index (κ1) is 18.8. The third kappa shape index (κ3) is 4.05. The number of morpholine rings is 1. The van der Waals surface area contributed by atoms with Gasteiger partial charge in [0.15, 0.2) is 0 Å². The highest BCUT2D eigenvalue weighted by Crippen LogP contribution is 2.36. The average molecular weight is 366 g/mol. The van der Waals surface area contributed by atoms with Gasteiger partial charge in [0.25, 0.3) is 0 Å². The number of carbonyl (C=O) groups is 1. The first-order valence-corrected chi connectivity index (χ1v) is 8.81. The second-order valence-corrected chi connectivity index (χ2v) is 6.57. The molecule has 0 atom stereocenters. The van der Waals surface area contributed by atoms with E-state index in [1.165, 1.54) is 20.4 Å². The first-order valence-electron chi connectivity index (χ1n) is 8.81. The Balaban J connectivity index is 1.62. The van der Waals surface area contributed by atoms with Gasteiger partial charge in [-0.1, -0.05) is 0 Å². The number of carbonyl (C=O) groups excluding carboxylic acids is 1. The summed E-state index contributed by atoms with van der Waals surface area (Å²) in [5.74, 6) is 0.661. The Morgan fingerprint density at radius 2 is 1.92 bits per heavy atom. The molecule has 0 bridgehead atoms. The van der Waals surface area contributed by atoms with Crippen LogP contribution in [-0.2, 0) is 15.1 Å². The quantitative estimate of drug-likeness (QED) is 0.754. The summed E-state index contributed by atoms with van der Waals surface area (Å²) in [5.41, 5.74) is -0.776. The number of amides is 1. The molecule has 1 aromatic heterocycles. The largest absolute Gasteiger partial charge is 0.480 e. The zero-order chi connectivity index (χ0) is 18.6. The highest BCUT2D eigenvalue weighted by molar-refractivity contribution is 5.78. The summed E-state index contributed by atoms with van der Waals surface area (Å²) in [5, 5.41) is 11.1. The lowest BCUT2D eigenvalue weighted by molar-refractivity contribution is -0.138. The molecule has 2 saturated heterocycles. The summed E-state index contributed by atoms with van der Waals surface area (Å²) < 4.78 is 15.6. The lowest BCUT2D eigenvalue weighted by Gasteiger charge is -2.38. The van der Waals surface area contributed by atoms with Crippen LogP contribution in [0.2, 0.25) is 0 Å². The number of piperidine rings is 1. The molecule has 0 radical (unpaired) electrons. The molecule has 0 unspecified atom stereocenters. The molecule has 2 aliphatic heterocycles. The van der Waals surface area contributed by atoms with Gasteiger partial charge in [0.05, 0.1) is 40.2 Å². The maximum atomic E-state index is 12.5. The normalized spacial score (nSPS) is 20.7. The van der Waals surface area contributed by atoms with Gasteiger partial charge in [0.2, 0.25) is 17.7 Å². The van der Waals surface area contributed by atoms with Crippen LogP contribution in [0, 0.1) is 0 Å². The Bertz CT molecular complexity index is 628. The number of nitrogens with zero attached hydrogens (tertiary/aromatic N) is 4.